The van der Waals surface area contributed by atoms with Crippen molar-refractivity contribution in [1.82, 2.24) is 20.7 Å². The van der Waals surface area contributed by atoms with Crippen LogP contribution in [0, 0.1) is 0 Å². The topological polar surface area (TPSA) is 128 Å². The van der Waals surface area contributed by atoms with Crippen LogP contribution >= 0.6 is 11.6 Å². The highest BCUT2D eigenvalue weighted by atomic mass is 35.5. The Balaban J connectivity index is 1.84. The van der Waals surface area contributed by atoms with Crippen LogP contribution in [0.1, 0.15) is 15.9 Å². The molecule has 0 unspecified atom stereocenters. The molecule has 0 fully saturated rings. The molecule has 1 heterocycles. The minimum absolute atomic E-state index is 0.153. The quantitative estimate of drug-likeness (QED) is 0.516. The van der Waals surface area contributed by atoms with Crippen LogP contribution in [-0.4, -0.2) is 49.6 Å². The summed E-state index contributed by atoms with van der Waals surface area (Å²) >= 11 is 6.08. The summed E-state index contributed by atoms with van der Waals surface area (Å²) < 4.78 is 0. The molecular formula is C17H15ClN4O4. The number of aliphatic hydroxyl groups excluding tert-OH is 1. The van der Waals surface area contributed by atoms with Gasteiger partial charge in [0.1, 0.15) is 11.0 Å². The van der Waals surface area contributed by atoms with Crippen molar-refractivity contribution in [1.29, 1.82) is 0 Å². The van der Waals surface area contributed by atoms with Gasteiger partial charge in [0, 0.05) is 5.56 Å². The molecular weight excluding hydrogens is 360 g/mol. The lowest BCUT2D eigenvalue weighted by Crippen LogP contribution is -2.48. The second-order valence-electron chi connectivity index (χ2n) is 5.70. The highest BCUT2D eigenvalue weighted by molar-refractivity contribution is 6.35. The van der Waals surface area contributed by atoms with E-state index in [4.69, 9.17) is 16.7 Å². The van der Waals surface area contributed by atoms with Crippen LogP contribution in [-0.2, 0) is 11.2 Å². The number of aromatic nitrogens is 3. The fraction of sp³-hybridized carbons (Fsp3) is 0.176. The predicted molar refractivity (Wildman–Crippen MR) is 93.9 cm³/mol. The summed E-state index contributed by atoms with van der Waals surface area (Å²) in [5.41, 5.74) is 1.80. The summed E-state index contributed by atoms with van der Waals surface area (Å²) in [6.45, 7) is 0. The zero-order chi connectivity index (χ0) is 18.7. The molecule has 2 aromatic carbocycles. The van der Waals surface area contributed by atoms with Gasteiger partial charge in [-0.3, -0.25) is 4.79 Å². The van der Waals surface area contributed by atoms with E-state index in [-0.39, 0.29) is 17.0 Å². The molecule has 0 aliphatic heterocycles. The van der Waals surface area contributed by atoms with Gasteiger partial charge in [0.05, 0.1) is 11.1 Å². The lowest BCUT2D eigenvalue weighted by molar-refractivity contribution is -0.148. The number of H-pyrrole nitrogens is 1. The average molecular weight is 375 g/mol. The van der Waals surface area contributed by atoms with E-state index in [0.717, 1.165) is 5.56 Å². The van der Waals surface area contributed by atoms with E-state index in [1.807, 2.05) is 6.07 Å². The standard InChI is InChI=1S/C17H15ClN4O4/c18-11-7-10(8-12-14(11)21-22-20-12)16(24)19-13(15(23)17(25)26)6-9-4-2-1-3-5-9/h1-5,7-8,13,15,23H,6H2,(H,19,24)(H,25,26)(H,20,21,22)/t13-,15-/m1/s1. The molecule has 0 aliphatic rings. The minimum atomic E-state index is -1.76. The molecule has 9 heteroatoms. The Bertz CT molecular complexity index is 944. The minimum Gasteiger partial charge on any atom is -0.479 e. The molecule has 3 aromatic rings. The number of carboxylic acids is 1. The van der Waals surface area contributed by atoms with Gasteiger partial charge in [0.25, 0.3) is 5.91 Å². The van der Waals surface area contributed by atoms with Crippen molar-refractivity contribution in [2.45, 2.75) is 18.6 Å². The van der Waals surface area contributed by atoms with Gasteiger partial charge in [0.2, 0.25) is 0 Å². The van der Waals surface area contributed by atoms with Crippen LogP contribution in [0.5, 0.6) is 0 Å². The van der Waals surface area contributed by atoms with Crippen molar-refractivity contribution in [2.75, 3.05) is 0 Å². The third-order valence-corrected chi connectivity index (χ3v) is 4.17. The van der Waals surface area contributed by atoms with Gasteiger partial charge in [-0.05, 0) is 24.1 Å². The van der Waals surface area contributed by atoms with E-state index >= 15 is 0 Å². The summed E-state index contributed by atoms with van der Waals surface area (Å²) in [7, 11) is 0. The number of benzene rings is 2. The van der Waals surface area contributed by atoms with E-state index in [9.17, 15) is 14.7 Å². The molecule has 26 heavy (non-hydrogen) atoms. The number of hydrogen-bond donors (Lipinski definition) is 4. The van der Waals surface area contributed by atoms with E-state index in [0.29, 0.717) is 11.0 Å². The highest BCUT2D eigenvalue weighted by Crippen LogP contribution is 2.22. The van der Waals surface area contributed by atoms with Gasteiger partial charge in [-0.1, -0.05) is 41.9 Å². The highest BCUT2D eigenvalue weighted by Gasteiger charge is 2.28. The second kappa shape index (κ2) is 7.51. The molecule has 2 atom stereocenters. The molecule has 1 amide bonds. The van der Waals surface area contributed by atoms with E-state index in [1.165, 1.54) is 12.1 Å². The van der Waals surface area contributed by atoms with Crippen molar-refractivity contribution in [2.24, 2.45) is 0 Å². The number of hydrogen-bond acceptors (Lipinski definition) is 5. The number of carbonyl (C=O) groups excluding carboxylic acids is 1. The van der Waals surface area contributed by atoms with Crippen molar-refractivity contribution in [3.63, 3.8) is 0 Å². The summed E-state index contributed by atoms with van der Waals surface area (Å²) in [6.07, 6.45) is -1.61. The molecule has 134 valence electrons. The normalized spacial score (nSPS) is 13.3. The lowest BCUT2D eigenvalue weighted by atomic mass is 10.0. The number of aromatic amines is 1. The SMILES string of the molecule is O=C(N[C@H](Cc1ccccc1)[C@@H](O)C(=O)O)c1cc(Cl)c2n[nH]nc2c1. The van der Waals surface area contributed by atoms with Crippen molar-refractivity contribution >= 4 is 34.5 Å². The number of amides is 1. The van der Waals surface area contributed by atoms with Gasteiger partial charge < -0.3 is 15.5 Å². The van der Waals surface area contributed by atoms with Crippen LogP contribution in [0.25, 0.3) is 11.0 Å². The van der Waals surface area contributed by atoms with Crippen LogP contribution in [0.2, 0.25) is 5.02 Å². The number of halogens is 1. The number of carboxylic acid groups (broad SMARTS) is 1. The van der Waals surface area contributed by atoms with Crippen LogP contribution in [0.4, 0.5) is 0 Å². The first-order valence-corrected chi connectivity index (χ1v) is 8.09. The van der Waals surface area contributed by atoms with E-state index < -0.39 is 24.0 Å². The Kier molecular flexibility index (Phi) is 5.15. The number of rotatable bonds is 6. The van der Waals surface area contributed by atoms with Gasteiger partial charge in [-0.15, -0.1) is 0 Å². The molecule has 0 saturated heterocycles. The third-order valence-electron chi connectivity index (χ3n) is 3.89. The maximum atomic E-state index is 12.6. The Hall–Kier alpha value is -2.97. The summed E-state index contributed by atoms with van der Waals surface area (Å²) in [5, 5.41) is 32.1. The molecule has 0 bridgehead atoms. The van der Waals surface area contributed by atoms with Gasteiger partial charge in [-0.2, -0.15) is 15.4 Å². The first-order valence-electron chi connectivity index (χ1n) is 7.71. The molecule has 3 rings (SSSR count). The zero-order valence-electron chi connectivity index (χ0n) is 13.4. The molecule has 0 aliphatic carbocycles. The fourth-order valence-electron chi connectivity index (χ4n) is 2.57. The van der Waals surface area contributed by atoms with Gasteiger partial charge >= 0.3 is 5.97 Å². The number of carbonyl (C=O) groups is 2. The third kappa shape index (κ3) is 3.81. The van der Waals surface area contributed by atoms with E-state index in [1.54, 1.807) is 24.3 Å². The lowest BCUT2D eigenvalue weighted by Gasteiger charge is -2.21. The van der Waals surface area contributed by atoms with Crippen LogP contribution in [0.3, 0.4) is 0 Å². The van der Waals surface area contributed by atoms with Crippen molar-refractivity contribution < 1.29 is 19.8 Å². The maximum Gasteiger partial charge on any atom is 0.334 e. The Morgan fingerprint density at radius 2 is 1.92 bits per heavy atom. The molecule has 4 N–H and O–H groups in total. The first-order chi connectivity index (χ1) is 12.5. The van der Waals surface area contributed by atoms with Crippen molar-refractivity contribution in [3.05, 3.63) is 58.6 Å². The summed E-state index contributed by atoms with van der Waals surface area (Å²) in [5.74, 6) is -1.99. The molecule has 1 aromatic heterocycles. The maximum absolute atomic E-state index is 12.6. The monoisotopic (exact) mass is 374 g/mol. The summed E-state index contributed by atoms with van der Waals surface area (Å²) in [4.78, 5) is 23.8. The number of aliphatic hydroxyl groups is 1. The fourth-order valence-corrected chi connectivity index (χ4v) is 2.83. The average Bonchev–Trinajstić information content (AvgIpc) is 3.10. The van der Waals surface area contributed by atoms with E-state index in [2.05, 4.69) is 20.7 Å². The molecule has 0 saturated carbocycles. The molecule has 0 spiro atoms. The van der Waals surface area contributed by atoms with Crippen molar-refractivity contribution in [3.8, 4) is 0 Å². The largest absolute Gasteiger partial charge is 0.479 e. The first kappa shape index (κ1) is 17.8. The number of aliphatic carboxylic acids is 1. The van der Waals surface area contributed by atoms with Crippen LogP contribution < -0.4 is 5.32 Å². The van der Waals surface area contributed by atoms with Gasteiger partial charge in [0.15, 0.2) is 6.10 Å². The van der Waals surface area contributed by atoms with Crippen LogP contribution in [0.15, 0.2) is 42.5 Å². The Morgan fingerprint density at radius 3 is 2.62 bits per heavy atom. The zero-order valence-corrected chi connectivity index (χ0v) is 14.1. The number of fused-ring (bicyclic) bond motifs is 1. The Labute approximate surface area is 152 Å². The Morgan fingerprint density at radius 1 is 1.19 bits per heavy atom. The molecule has 0 radical (unpaired) electrons. The molecule has 8 nitrogen and oxygen atoms in total. The summed E-state index contributed by atoms with van der Waals surface area (Å²) in [6, 6.07) is 10.8. The predicted octanol–water partition coefficient (Wildman–Crippen LogP) is 1.40. The van der Waals surface area contributed by atoms with Gasteiger partial charge in [-0.25, -0.2) is 4.79 Å². The second-order valence-corrected chi connectivity index (χ2v) is 6.11. The smallest absolute Gasteiger partial charge is 0.334 e. The number of nitrogens with zero attached hydrogens (tertiary/aromatic N) is 2. The number of nitrogens with one attached hydrogen (secondary N) is 2.